The molecule has 1 aliphatic carbocycles. The molecule has 6 nitrogen and oxygen atoms in total. The van der Waals surface area contributed by atoms with Crippen LogP contribution in [0.1, 0.15) is 73.9 Å². The van der Waals surface area contributed by atoms with Gasteiger partial charge in [-0.2, -0.15) is 0 Å². The van der Waals surface area contributed by atoms with Crippen molar-refractivity contribution in [1.29, 1.82) is 0 Å². The second-order valence-corrected chi connectivity index (χ2v) is 13.6. The standard InChI is InChI=1S/C31H41ClN2O4S/c1-5-6-21-14-25(32)9-11-26(21)24-17-34-16-23-7-10-27(23)30(37-4)13-19(2)20(3)39(36)33-31(35)22-8-12-29(38-18-24)28(34)15-22/h8-9,11-12,14-15,19-20,23-24,27,30H,5-7,10,13,16-18H2,1-4H3,(H,33,35)/t19?,20-,23?,24?,27?,30?,39?/m0/s1. The zero-order valence-electron chi connectivity index (χ0n) is 23.5. The number of nitrogens with one attached hydrogen (secondary N) is 1. The molecule has 2 aromatic carbocycles. The Morgan fingerprint density at radius 1 is 1.15 bits per heavy atom. The van der Waals surface area contributed by atoms with Gasteiger partial charge in [0.15, 0.2) is 0 Å². The predicted molar refractivity (Wildman–Crippen MR) is 158 cm³/mol. The van der Waals surface area contributed by atoms with Gasteiger partial charge >= 0.3 is 0 Å². The Morgan fingerprint density at radius 3 is 2.69 bits per heavy atom. The van der Waals surface area contributed by atoms with Gasteiger partial charge in [0.2, 0.25) is 0 Å². The number of nitrogens with zero attached hydrogens (tertiary/aromatic N) is 1. The number of benzene rings is 2. The van der Waals surface area contributed by atoms with Gasteiger partial charge in [-0.05, 0) is 91.8 Å². The maximum atomic E-state index is 13.2. The van der Waals surface area contributed by atoms with Gasteiger partial charge in [0.1, 0.15) is 16.7 Å². The summed E-state index contributed by atoms with van der Waals surface area (Å²) in [7, 11) is 0.306. The molecule has 0 radical (unpaired) electrons. The first-order valence-electron chi connectivity index (χ1n) is 14.3. The average molecular weight is 573 g/mol. The number of halogens is 1. The molecule has 1 saturated carbocycles. The molecule has 39 heavy (non-hydrogen) atoms. The number of carbonyl (C=O) groups excluding carboxylic acids is 1. The maximum absolute atomic E-state index is 13.2. The van der Waals surface area contributed by atoms with Gasteiger partial charge in [-0.1, -0.05) is 37.9 Å². The van der Waals surface area contributed by atoms with E-state index in [2.05, 4.69) is 35.6 Å². The van der Waals surface area contributed by atoms with Crippen LogP contribution in [-0.4, -0.2) is 48.3 Å². The van der Waals surface area contributed by atoms with Crippen LogP contribution in [-0.2, 0) is 22.1 Å². The van der Waals surface area contributed by atoms with E-state index in [9.17, 15) is 9.00 Å². The minimum Gasteiger partial charge on any atom is -0.491 e. The normalized spacial score (nSPS) is 31.2. The van der Waals surface area contributed by atoms with E-state index in [0.717, 1.165) is 61.7 Å². The van der Waals surface area contributed by atoms with Crippen molar-refractivity contribution in [1.82, 2.24) is 4.72 Å². The third kappa shape index (κ3) is 6.01. The van der Waals surface area contributed by atoms with E-state index >= 15 is 0 Å². The highest BCUT2D eigenvalue weighted by atomic mass is 35.5. The lowest BCUT2D eigenvalue weighted by molar-refractivity contribution is -0.0280. The molecule has 1 fully saturated rings. The smallest absolute Gasteiger partial charge is 0.263 e. The topological polar surface area (TPSA) is 67.9 Å². The molecule has 3 aliphatic rings. The SMILES string of the molecule is CCCc1cc(Cl)ccc1C1COc2ccc3cc2N(C1)CC1CCC1C(OC)CC(C)[C@H](C)S(=O)NC3=O. The van der Waals surface area contributed by atoms with Crippen molar-refractivity contribution in [3.05, 3.63) is 58.1 Å². The number of hydrogen-bond acceptors (Lipinski definition) is 5. The Kier molecular flexibility index (Phi) is 8.89. The average Bonchev–Trinajstić information content (AvgIpc) is 3.08. The molecule has 5 rings (SSSR count). The molecule has 2 aliphatic heterocycles. The first kappa shape index (κ1) is 28.4. The molecule has 1 amide bonds. The van der Waals surface area contributed by atoms with Crippen LogP contribution in [0.25, 0.3) is 0 Å². The van der Waals surface area contributed by atoms with Crippen LogP contribution in [0.4, 0.5) is 5.69 Å². The second kappa shape index (κ2) is 12.2. The Bertz CT molecular complexity index is 1220. The summed E-state index contributed by atoms with van der Waals surface area (Å²) in [5.74, 6) is 1.72. The summed E-state index contributed by atoms with van der Waals surface area (Å²) in [6, 6.07) is 11.8. The Balaban J connectivity index is 1.54. The monoisotopic (exact) mass is 572 g/mol. The molecule has 2 heterocycles. The lowest BCUT2D eigenvalue weighted by atomic mass is 9.68. The van der Waals surface area contributed by atoms with Crippen LogP contribution in [0.2, 0.25) is 5.02 Å². The van der Waals surface area contributed by atoms with Crippen LogP contribution in [0.15, 0.2) is 36.4 Å². The van der Waals surface area contributed by atoms with Crippen LogP contribution in [0, 0.1) is 17.8 Å². The molecule has 8 heteroatoms. The largest absolute Gasteiger partial charge is 0.491 e. The summed E-state index contributed by atoms with van der Waals surface area (Å²) in [4.78, 5) is 15.6. The molecule has 2 bridgehead atoms. The Labute approximate surface area is 240 Å². The minimum atomic E-state index is -1.49. The molecular weight excluding hydrogens is 532 g/mol. The lowest BCUT2D eigenvalue weighted by Crippen LogP contribution is -2.46. The number of amides is 1. The Hall–Kier alpha value is -2.09. The molecule has 212 valence electrons. The third-order valence-electron chi connectivity index (χ3n) is 9.15. The van der Waals surface area contributed by atoms with Crippen LogP contribution in [0.3, 0.4) is 0 Å². The van der Waals surface area contributed by atoms with E-state index in [-0.39, 0.29) is 29.1 Å². The van der Waals surface area contributed by atoms with Gasteiger partial charge in [0.05, 0.1) is 23.6 Å². The molecule has 7 atom stereocenters. The quantitative estimate of drug-likeness (QED) is 0.477. The van der Waals surface area contributed by atoms with Gasteiger partial charge < -0.3 is 14.4 Å². The van der Waals surface area contributed by atoms with Crippen molar-refractivity contribution < 1.29 is 18.5 Å². The number of rotatable bonds is 4. The van der Waals surface area contributed by atoms with Crippen molar-refractivity contribution in [3.63, 3.8) is 0 Å². The number of hydrogen-bond donors (Lipinski definition) is 1. The maximum Gasteiger partial charge on any atom is 0.263 e. The van der Waals surface area contributed by atoms with Crippen LogP contribution in [0.5, 0.6) is 5.75 Å². The third-order valence-corrected chi connectivity index (χ3v) is 10.9. The fourth-order valence-electron chi connectivity index (χ4n) is 6.51. The number of anilines is 1. The van der Waals surface area contributed by atoms with E-state index in [4.69, 9.17) is 21.1 Å². The van der Waals surface area contributed by atoms with E-state index in [1.54, 1.807) is 13.2 Å². The van der Waals surface area contributed by atoms with Crippen molar-refractivity contribution in [3.8, 4) is 5.75 Å². The molecule has 0 spiro atoms. The van der Waals surface area contributed by atoms with Gasteiger partial charge in [-0.25, -0.2) is 4.21 Å². The first-order chi connectivity index (χ1) is 18.8. The predicted octanol–water partition coefficient (Wildman–Crippen LogP) is 6.14. The molecule has 0 saturated heterocycles. The summed E-state index contributed by atoms with van der Waals surface area (Å²) < 4.78 is 28.3. The number of ether oxygens (including phenoxy) is 2. The van der Waals surface area contributed by atoms with Crippen molar-refractivity contribution in [2.24, 2.45) is 17.8 Å². The van der Waals surface area contributed by atoms with Crippen LogP contribution < -0.4 is 14.4 Å². The minimum absolute atomic E-state index is 0.106. The summed E-state index contributed by atoms with van der Waals surface area (Å²) in [6.45, 7) is 8.49. The van der Waals surface area contributed by atoms with Gasteiger partial charge in [-0.15, -0.1) is 0 Å². The fourth-order valence-corrected chi connectivity index (χ4v) is 7.72. The van der Waals surface area contributed by atoms with E-state index in [0.29, 0.717) is 24.0 Å². The molecule has 1 N–H and O–H groups in total. The van der Waals surface area contributed by atoms with E-state index in [1.807, 2.05) is 25.1 Å². The highest BCUT2D eigenvalue weighted by Gasteiger charge is 2.41. The molecule has 2 aromatic rings. The van der Waals surface area contributed by atoms with Gasteiger partial charge in [0.25, 0.3) is 5.91 Å². The Morgan fingerprint density at radius 2 is 1.97 bits per heavy atom. The summed E-state index contributed by atoms with van der Waals surface area (Å²) in [5.41, 5.74) is 3.99. The number of methoxy groups -OCH3 is 1. The van der Waals surface area contributed by atoms with Gasteiger partial charge in [-0.3, -0.25) is 9.52 Å². The highest BCUT2D eigenvalue weighted by Crippen LogP contribution is 2.44. The lowest BCUT2D eigenvalue weighted by Gasteiger charge is -2.45. The number of aryl methyl sites for hydroxylation is 1. The first-order valence-corrected chi connectivity index (χ1v) is 15.9. The zero-order valence-corrected chi connectivity index (χ0v) is 25.0. The molecule has 0 aromatic heterocycles. The summed E-state index contributed by atoms with van der Waals surface area (Å²) >= 11 is 6.39. The highest BCUT2D eigenvalue weighted by molar-refractivity contribution is 7.84. The zero-order chi connectivity index (χ0) is 27.7. The second-order valence-electron chi connectivity index (χ2n) is 11.6. The van der Waals surface area contributed by atoms with E-state index < -0.39 is 11.0 Å². The van der Waals surface area contributed by atoms with Gasteiger partial charge in [0, 0.05) is 36.7 Å². The summed E-state index contributed by atoms with van der Waals surface area (Å²) in [6.07, 6.45) is 5.24. The van der Waals surface area contributed by atoms with Crippen molar-refractivity contribution >= 4 is 34.2 Å². The summed E-state index contributed by atoms with van der Waals surface area (Å²) in [5, 5.41) is 0.587. The van der Waals surface area contributed by atoms with Crippen LogP contribution >= 0.6 is 11.6 Å². The van der Waals surface area contributed by atoms with Crippen molar-refractivity contribution in [2.45, 2.75) is 70.1 Å². The van der Waals surface area contributed by atoms with Crippen molar-refractivity contribution in [2.75, 3.05) is 31.7 Å². The fraction of sp³-hybridized carbons (Fsp3) is 0.581. The van der Waals surface area contributed by atoms with E-state index in [1.165, 1.54) is 11.1 Å². The molecule has 6 unspecified atom stereocenters. The number of fused-ring (bicyclic) bond motifs is 2. The molecular formula is C31H41ClN2O4S. The number of carbonyl (C=O) groups is 1.